The average Bonchev–Trinajstić information content (AvgIpc) is 2.38. The molecule has 0 unspecified atom stereocenters. The number of rotatable bonds is 4. The predicted molar refractivity (Wildman–Crippen MR) is 84.0 cm³/mol. The number of amides is 1. The lowest BCUT2D eigenvalue weighted by molar-refractivity contribution is -0.120. The molecular formula is C13H17N3OS2. The van der Waals surface area contributed by atoms with Gasteiger partial charge in [0.05, 0.1) is 6.54 Å². The molecule has 0 spiro atoms. The quantitative estimate of drug-likeness (QED) is 0.649. The zero-order valence-electron chi connectivity index (χ0n) is 10.8. The SMILES string of the molecule is CCSc1cccc(N2CCNC(=O)C2)c1C(N)=S. The van der Waals surface area contributed by atoms with Gasteiger partial charge in [-0.25, -0.2) is 0 Å². The van der Waals surface area contributed by atoms with Gasteiger partial charge in [0.25, 0.3) is 0 Å². The van der Waals surface area contributed by atoms with Crippen molar-refractivity contribution in [3.05, 3.63) is 23.8 Å². The highest BCUT2D eigenvalue weighted by atomic mass is 32.2. The fourth-order valence-corrected chi connectivity index (χ4v) is 3.27. The molecule has 3 N–H and O–H groups in total. The van der Waals surface area contributed by atoms with Crippen molar-refractivity contribution in [3.8, 4) is 0 Å². The van der Waals surface area contributed by atoms with Crippen molar-refractivity contribution < 1.29 is 4.79 Å². The number of carbonyl (C=O) groups excluding carboxylic acids is 1. The van der Waals surface area contributed by atoms with Crippen molar-refractivity contribution in [2.45, 2.75) is 11.8 Å². The van der Waals surface area contributed by atoms with Gasteiger partial charge < -0.3 is 16.0 Å². The Morgan fingerprint density at radius 3 is 3.00 bits per heavy atom. The van der Waals surface area contributed by atoms with Gasteiger partial charge in [0, 0.05) is 29.2 Å². The molecule has 1 amide bonds. The highest BCUT2D eigenvalue weighted by Crippen LogP contribution is 2.31. The third-order valence-electron chi connectivity index (χ3n) is 2.93. The maximum Gasteiger partial charge on any atom is 0.239 e. The Bertz CT molecular complexity index is 505. The third-order valence-corrected chi connectivity index (χ3v) is 4.07. The molecule has 0 saturated carbocycles. The minimum Gasteiger partial charge on any atom is -0.389 e. The molecule has 1 aromatic carbocycles. The first-order valence-electron chi connectivity index (χ1n) is 6.20. The van der Waals surface area contributed by atoms with Gasteiger partial charge in [-0.2, -0.15) is 0 Å². The van der Waals surface area contributed by atoms with Crippen molar-refractivity contribution in [3.63, 3.8) is 0 Å². The van der Waals surface area contributed by atoms with Crippen LogP contribution in [0.3, 0.4) is 0 Å². The number of thioether (sulfide) groups is 1. The van der Waals surface area contributed by atoms with Crippen LogP contribution in [0, 0.1) is 0 Å². The fraction of sp³-hybridized carbons (Fsp3) is 0.385. The van der Waals surface area contributed by atoms with Gasteiger partial charge in [0.15, 0.2) is 0 Å². The van der Waals surface area contributed by atoms with Crippen LogP contribution in [-0.4, -0.2) is 36.3 Å². The van der Waals surface area contributed by atoms with Crippen molar-refractivity contribution in [2.75, 3.05) is 30.3 Å². The lowest BCUT2D eigenvalue weighted by atomic mass is 10.1. The summed E-state index contributed by atoms with van der Waals surface area (Å²) in [6.07, 6.45) is 0. The number of nitrogens with zero attached hydrogens (tertiary/aromatic N) is 1. The smallest absolute Gasteiger partial charge is 0.239 e. The molecule has 19 heavy (non-hydrogen) atoms. The highest BCUT2D eigenvalue weighted by molar-refractivity contribution is 7.99. The molecule has 0 atom stereocenters. The summed E-state index contributed by atoms with van der Waals surface area (Å²) in [6, 6.07) is 5.99. The fourth-order valence-electron chi connectivity index (χ4n) is 2.15. The van der Waals surface area contributed by atoms with E-state index < -0.39 is 0 Å². The molecule has 102 valence electrons. The van der Waals surface area contributed by atoms with E-state index in [0.29, 0.717) is 18.1 Å². The topological polar surface area (TPSA) is 58.4 Å². The summed E-state index contributed by atoms with van der Waals surface area (Å²) in [5.74, 6) is 0.994. The summed E-state index contributed by atoms with van der Waals surface area (Å²) in [6.45, 7) is 3.88. The lowest BCUT2D eigenvalue weighted by Gasteiger charge is -2.30. The van der Waals surface area contributed by atoms with E-state index in [2.05, 4.69) is 12.2 Å². The summed E-state index contributed by atoms with van der Waals surface area (Å²) in [5.41, 5.74) is 7.72. The molecule has 1 saturated heterocycles. The summed E-state index contributed by atoms with van der Waals surface area (Å²) in [4.78, 5) is 15.0. The van der Waals surface area contributed by atoms with E-state index in [0.717, 1.165) is 28.4 Å². The first-order valence-corrected chi connectivity index (χ1v) is 7.60. The molecule has 1 aromatic rings. The molecule has 2 rings (SSSR count). The predicted octanol–water partition coefficient (Wildman–Crippen LogP) is 1.37. The summed E-state index contributed by atoms with van der Waals surface area (Å²) in [5, 5.41) is 2.82. The zero-order chi connectivity index (χ0) is 13.8. The van der Waals surface area contributed by atoms with Gasteiger partial charge in [0.2, 0.25) is 5.91 Å². The van der Waals surface area contributed by atoms with Crippen molar-refractivity contribution in [1.82, 2.24) is 5.32 Å². The summed E-state index contributed by atoms with van der Waals surface area (Å²) >= 11 is 6.90. The van der Waals surface area contributed by atoms with Crippen LogP contribution >= 0.6 is 24.0 Å². The van der Waals surface area contributed by atoms with E-state index in [1.807, 2.05) is 23.1 Å². The van der Waals surface area contributed by atoms with Gasteiger partial charge in [0.1, 0.15) is 4.99 Å². The Morgan fingerprint density at radius 1 is 1.58 bits per heavy atom. The molecule has 0 bridgehead atoms. The van der Waals surface area contributed by atoms with E-state index in [4.69, 9.17) is 18.0 Å². The molecule has 0 aliphatic carbocycles. The van der Waals surface area contributed by atoms with E-state index in [-0.39, 0.29) is 5.91 Å². The minimum atomic E-state index is 0.0358. The zero-order valence-corrected chi connectivity index (χ0v) is 12.4. The van der Waals surface area contributed by atoms with Gasteiger partial charge in [-0.3, -0.25) is 4.79 Å². The molecular weight excluding hydrogens is 278 g/mol. The minimum absolute atomic E-state index is 0.0358. The van der Waals surface area contributed by atoms with E-state index in [1.54, 1.807) is 11.8 Å². The average molecular weight is 295 g/mol. The molecule has 1 aliphatic heterocycles. The Balaban J connectivity index is 2.40. The molecule has 4 nitrogen and oxygen atoms in total. The Morgan fingerprint density at radius 2 is 2.37 bits per heavy atom. The van der Waals surface area contributed by atoms with Crippen LogP contribution in [-0.2, 0) is 4.79 Å². The van der Waals surface area contributed by atoms with E-state index in [1.165, 1.54) is 0 Å². The van der Waals surface area contributed by atoms with Crippen LogP contribution in [0.25, 0.3) is 0 Å². The second-order valence-corrected chi connectivity index (χ2v) is 5.96. The molecule has 1 heterocycles. The van der Waals surface area contributed by atoms with E-state index >= 15 is 0 Å². The number of carbonyl (C=O) groups is 1. The van der Waals surface area contributed by atoms with Gasteiger partial charge in [-0.05, 0) is 17.9 Å². The Kier molecular flexibility index (Phi) is 4.66. The monoisotopic (exact) mass is 295 g/mol. The number of nitrogens with two attached hydrogens (primary N) is 1. The van der Waals surface area contributed by atoms with Crippen LogP contribution in [0.4, 0.5) is 5.69 Å². The Labute approximate surface area is 122 Å². The maximum absolute atomic E-state index is 11.5. The van der Waals surface area contributed by atoms with Crippen LogP contribution in [0.1, 0.15) is 12.5 Å². The lowest BCUT2D eigenvalue weighted by Crippen LogP contribution is -2.48. The second-order valence-electron chi connectivity index (χ2n) is 4.22. The second kappa shape index (κ2) is 6.25. The van der Waals surface area contributed by atoms with Crippen molar-refractivity contribution >= 4 is 40.6 Å². The number of hydrogen-bond donors (Lipinski definition) is 2. The molecule has 1 fully saturated rings. The number of thiocarbonyl (C=S) groups is 1. The van der Waals surface area contributed by atoms with Gasteiger partial charge >= 0.3 is 0 Å². The normalized spacial score (nSPS) is 15.2. The number of piperazine rings is 1. The number of nitrogens with one attached hydrogen (secondary N) is 1. The first kappa shape index (κ1) is 14.1. The number of anilines is 1. The van der Waals surface area contributed by atoms with Gasteiger partial charge in [-0.1, -0.05) is 25.2 Å². The summed E-state index contributed by atoms with van der Waals surface area (Å²) < 4.78 is 0. The van der Waals surface area contributed by atoms with Crippen LogP contribution < -0.4 is 16.0 Å². The van der Waals surface area contributed by atoms with Crippen LogP contribution in [0.15, 0.2) is 23.1 Å². The van der Waals surface area contributed by atoms with Crippen LogP contribution in [0.5, 0.6) is 0 Å². The molecule has 1 aliphatic rings. The number of benzene rings is 1. The van der Waals surface area contributed by atoms with Crippen molar-refractivity contribution in [2.24, 2.45) is 5.73 Å². The number of hydrogen-bond acceptors (Lipinski definition) is 4. The first-order chi connectivity index (χ1) is 9.13. The van der Waals surface area contributed by atoms with E-state index in [9.17, 15) is 4.79 Å². The van der Waals surface area contributed by atoms with Crippen LogP contribution in [0.2, 0.25) is 0 Å². The third kappa shape index (κ3) is 3.19. The van der Waals surface area contributed by atoms with Crippen molar-refractivity contribution in [1.29, 1.82) is 0 Å². The molecule has 6 heteroatoms. The largest absolute Gasteiger partial charge is 0.389 e. The van der Waals surface area contributed by atoms with Gasteiger partial charge in [-0.15, -0.1) is 11.8 Å². The standard InChI is InChI=1S/C13H17N3OS2/c1-2-19-10-5-3-4-9(12(10)13(14)18)16-7-6-15-11(17)8-16/h3-5H,2,6-8H2,1H3,(H2,14,18)(H,15,17). The highest BCUT2D eigenvalue weighted by Gasteiger charge is 2.21. The molecule has 0 radical (unpaired) electrons. The Hall–Kier alpha value is -1.27. The maximum atomic E-state index is 11.5. The molecule has 0 aromatic heterocycles. The summed E-state index contributed by atoms with van der Waals surface area (Å²) in [7, 11) is 0.